The Morgan fingerprint density at radius 1 is 0.606 bits per heavy atom. The third-order valence-corrected chi connectivity index (χ3v) is 11.6. The number of aromatic amines is 1. The van der Waals surface area contributed by atoms with Gasteiger partial charge in [0.2, 0.25) is 53.2 Å². The number of nitrogens with one attached hydrogen (secondary N) is 9. The fraction of sp³-hybridized carbons (Fsp3) is 0.617. The number of carbonyl (C=O) groups excluding carboxylic acids is 9. The lowest BCUT2D eigenvalue weighted by atomic mass is 9.96. The van der Waals surface area contributed by atoms with Crippen LogP contribution in [-0.4, -0.2) is 147 Å². The Morgan fingerprint density at radius 3 is 1.62 bits per heavy atom. The lowest BCUT2D eigenvalue weighted by molar-refractivity contribution is -0.142. The van der Waals surface area contributed by atoms with Gasteiger partial charge in [0, 0.05) is 29.9 Å². The van der Waals surface area contributed by atoms with Crippen LogP contribution in [0.25, 0.3) is 10.9 Å². The van der Waals surface area contributed by atoms with Crippen LogP contribution < -0.4 is 54.0 Å². The molecule has 1 heterocycles. The van der Waals surface area contributed by atoms with E-state index in [9.17, 15) is 63.3 Å². The van der Waals surface area contributed by atoms with Crippen LogP contribution in [0.15, 0.2) is 30.5 Å². The lowest BCUT2D eigenvalue weighted by Crippen LogP contribution is -2.62. The number of H-pyrrole nitrogens is 1. The fourth-order valence-electron chi connectivity index (χ4n) is 7.24. The number of aromatic nitrogens is 1. The third-order valence-electron chi connectivity index (χ3n) is 11.6. The van der Waals surface area contributed by atoms with Crippen LogP contribution in [-0.2, 0) is 54.4 Å². The SMILES string of the molecule is CC[C@H](C)[C@H](NC(=O)[C@H](Cc1c[nH]c2ccccc12)NC(=O)[C@H](C)NC(=O)[C@H](CC(C)C)NC(=O)[C@H](CC(C)C)NC(=O)[C@@H](N)CO)C(=O)N[C@H](C(=O)N[C@@H](CCC(N)=O)C(=O)N[C@@H](C)C(=O)O)[C@@H](C)O. The molecule has 0 aliphatic rings. The number of primary amides is 1. The molecule has 2 aromatic rings. The summed E-state index contributed by atoms with van der Waals surface area (Å²) >= 11 is 0. The fourth-order valence-corrected chi connectivity index (χ4v) is 7.24. The third kappa shape index (κ3) is 19.6. The Kier molecular flexibility index (Phi) is 24.6. The van der Waals surface area contributed by atoms with E-state index in [2.05, 4.69) is 47.5 Å². The molecular formula is C47H75N11O13. The predicted octanol–water partition coefficient (Wildman–Crippen LogP) is -2.18. The van der Waals surface area contributed by atoms with Crippen LogP contribution in [0.3, 0.4) is 0 Å². The summed E-state index contributed by atoms with van der Waals surface area (Å²) in [7, 11) is 0. The monoisotopic (exact) mass is 1000 g/mol. The molecule has 1 aromatic carbocycles. The molecule has 396 valence electrons. The maximum atomic E-state index is 14.4. The number of aliphatic hydroxyl groups is 2. The van der Waals surface area contributed by atoms with Gasteiger partial charge in [-0.25, -0.2) is 0 Å². The van der Waals surface area contributed by atoms with E-state index in [-0.39, 0.29) is 37.5 Å². The van der Waals surface area contributed by atoms with Gasteiger partial charge in [0.1, 0.15) is 54.4 Å². The number of carboxylic acids is 1. The van der Waals surface area contributed by atoms with Crippen LogP contribution in [0.5, 0.6) is 0 Å². The van der Waals surface area contributed by atoms with Gasteiger partial charge in [-0.05, 0) is 69.4 Å². The van der Waals surface area contributed by atoms with Crippen molar-refractivity contribution in [1.82, 2.24) is 47.5 Å². The van der Waals surface area contributed by atoms with Crippen molar-refractivity contribution < 1.29 is 63.3 Å². The van der Waals surface area contributed by atoms with E-state index in [0.29, 0.717) is 12.0 Å². The average Bonchev–Trinajstić information content (AvgIpc) is 3.71. The zero-order valence-electron chi connectivity index (χ0n) is 41.9. The first-order valence-electron chi connectivity index (χ1n) is 23.7. The highest BCUT2D eigenvalue weighted by molar-refractivity contribution is 5.98. The number of benzene rings is 1. The summed E-state index contributed by atoms with van der Waals surface area (Å²) in [5.41, 5.74) is 12.2. The Bertz CT molecular complexity index is 2180. The zero-order chi connectivity index (χ0) is 53.9. The molecule has 0 aliphatic heterocycles. The van der Waals surface area contributed by atoms with Gasteiger partial charge >= 0.3 is 5.97 Å². The number of hydrogen-bond acceptors (Lipinski definition) is 13. The van der Waals surface area contributed by atoms with Crippen molar-refractivity contribution in [2.45, 2.75) is 161 Å². The second kappa shape index (κ2) is 28.9. The second-order valence-corrected chi connectivity index (χ2v) is 18.8. The van der Waals surface area contributed by atoms with Crippen molar-refractivity contribution in [2.24, 2.45) is 29.2 Å². The summed E-state index contributed by atoms with van der Waals surface area (Å²) in [5, 5.41) is 50.2. The van der Waals surface area contributed by atoms with E-state index in [1.54, 1.807) is 44.3 Å². The quantitative estimate of drug-likeness (QED) is 0.0396. The lowest BCUT2D eigenvalue weighted by Gasteiger charge is -2.30. The van der Waals surface area contributed by atoms with Crippen LogP contribution >= 0.6 is 0 Å². The molecule has 24 nitrogen and oxygen atoms in total. The first-order chi connectivity index (χ1) is 33.2. The Morgan fingerprint density at radius 2 is 1.08 bits per heavy atom. The normalized spacial score (nSPS) is 16.0. The zero-order valence-corrected chi connectivity index (χ0v) is 41.9. The van der Waals surface area contributed by atoms with Gasteiger partial charge in [0.25, 0.3) is 0 Å². The summed E-state index contributed by atoms with van der Waals surface area (Å²) in [6.07, 6.45) is -0.203. The summed E-state index contributed by atoms with van der Waals surface area (Å²) in [6.45, 7) is 13.7. The molecule has 71 heavy (non-hydrogen) atoms. The Hall–Kier alpha value is -6.66. The van der Waals surface area contributed by atoms with Gasteiger partial charge in [-0.1, -0.05) is 66.2 Å². The highest BCUT2D eigenvalue weighted by atomic mass is 16.4. The van der Waals surface area contributed by atoms with Crippen molar-refractivity contribution in [2.75, 3.05) is 6.61 Å². The number of aliphatic hydroxyl groups excluding tert-OH is 2. The molecule has 1 aromatic heterocycles. The molecular weight excluding hydrogens is 927 g/mol. The number of hydrogen-bond donors (Lipinski definition) is 14. The van der Waals surface area contributed by atoms with Crippen molar-refractivity contribution in [3.63, 3.8) is 0 Å². The molecule has 0 spiro atoms. The second-order valence-electron chi connectivity index (χ2n) is 18.8. The van der Waals surface area contributed by atoms with Crippen LogP contribution in [0.1, 0.15) is 100.0 Å². The predicted molar refractivity (Wildman–Crippen MR) is 260 cm³/mol. The molecule has 11 atom stereocenters. The first kappa shape index (κ1) is 60.5. The Balaban J connectivity index is 2.44. The number of amides is 9. The maximum Gasteiger partial charge on any atom is 0.325 e. The standard InChI is InChI=1S/C47H75N11O13/c1-10-24(6)37(45(68)58-38(27(9)60)46(69)53-32(15-16-36(49)61)41(64)52-26(8)47(70)71)57-44(67)35(19-28-20-50-31-14-12-11-13-29(28)31)54-39(62)25(7)51-42(65)33(17-22(2)3)56-43(66)34(18-23(4)5)55-40(63)30(48)21-59/h11-14,20,22-27,30,32-35,37-38,50,59-60H,10,15-19,21,48H2,1-9H3,(H2,49,61)(H,51,65)(H,52,64)(H,53,69)(H,54,62)(H,55,63)(H,56,66)(H,57,67)(H,58,68)(H,70,71)/t24-,25-,26-,27+,30-,32-,33-,34-,35-,37-,38-/m0/s1. The number of fused-ring (bicyclic) bond motifs is 1. The first-order valence-corrected chi connectivity index (χ1v) is 23.7. The van der Waals surface area contributed by atoms with E-state index in [1.165, 1.54) is 20.8 Å². The number of nitrogens with two attached hydrogens (primary N) is 2. The van der Waals surface area contributed by atoms with Crippen molar-refractivity contribution in [3.05, 3.63) is 36.0 Å². The van der Waals surface area contributed by atoms with Crippen molar-refractivity contribution in [1.29, 1.82) is 0 Å². The van der Waals surface area contributed by atoms with E-state index < -0.39 is 139 Å². The number of rotatable bonds is 30. The number of carbonyl (C=O) groups is 10. The minimum absolute atomic E-state index is 0.0755. The van der Waals surface area contributed by atoms with Crippen LogP contribution in [0, 0.1) is 17.8 Å². The molecule has 24 heteroatoms. The molecule has 0 saturated heterocycles. The number of carboxylic acid groups (broad SMARTS) is 1. The summed E-state index contributed by atoms with van der Waals surface area (Å²) in [5.74, 6) is -9.91. The summed E-state index contributed by atoms with van der Waals surface area (Å²) in [4.78, 5) is 135. The molecule has 0 aliphatic carbocycles. The molecule has 0 saturated carbocycles. The molecule has 0 unspecified atom stereocenters. The molecule has 9 amide bonds. The van der Waals surface area contributed by atoms with Crippen molar-refractivity contribution >= 4 is 70.0 Å². The molecule has 16 N–H and O–H groups in total. The van der Waals surface area contributed by atoms with E-state index >= 15 is 0 Å². The molecule has 2 rings (SSSR count). The van der Waals surface area contributed by atoms with Crippen LogP contribution in [0.4, 0.5) is 0 Å². The largest absolute Gasteiger partial charge is 0.480 e. The summed E-state index contributed by atoms with van der Waals surface area (Å²) in [6, 6.07) is -5.12. The minimum atomic E-state index is -1.74. The van der Waals surface area contributed by atoms with Gasteiger partial charge in [-0.15, -0.1) is 0 Å². The molecule has 0 bridgehead atoms. The van der Waals surface area contributed by atoms with Crippen molar-refractivity contribution in [3.8, 4) is 0 Å². The van der Waals surface area contributed by atoms with Gasteiger partial charge in [0.15, 0.2) is 0 Å². The number of para-hydroxylation sites is 1. The topological polar surface area (TPSA) is 395 Å². The van der Waals surface area contributed by atoms with Crippen LogP contribution in [0.2, 0.25) is 0 Å². The number of aliphatic carboxylic acids is 1. The molecule has 0 radical (unpaired) electrons. The maximum absolute atomic E-state index is 14.4. The van der Waals surface area contributed by atoms with Gasteiger partial charge < -0.3 is 74.3 Å². The highest BCUT2D eigenvalue weighted by Gasteiger charge is 2.37. The van der Waals surface area contributed by atoms with Gasteiger partial charge in [0.05, 0.1) is 12.7 Å². The molecule has 0 fully saturated rings. The van der Waals surface area contributed by atoms with E-state index in [0.717, 1.165) is 10.9 Å². The van der Waals surface area contributed by atoms with Gasteiger partial charge in [-0.2, -0.15) is 0 Å². The summed E-state index contributed by atoms with van der Waals surface area (Å²) < 4.78 is 0. The minimum Gasteiger partial charge on any atom is -0.480 e. The van der Waals surface area contributed by atoms with E-state index in [1.807, 2.05) is 27.7 Å². The highest BCUT2D eigenvalue weighted by Crippen LogP contribution is 2.20. The van der Waals surface area contributed by atoms with E-state index in [4.69, 9.17) is 11.5 Å². The Labute approximate surface area is 413 Å². The van der Waals surface area contributed by atoms with Gasteiger partial charge in [-0.3, -0.25) is 47.9 Å². The smallest absolute Gasteiger partial charge is 0.325 e. The average molecular weight is 1000 g/mol.